The average molecular weight is 394 g/mol. The van der Waals surface area contributed by atoms with Crippen LogP contribution in [0.1, 0.15) is 21.7 Å². The number of nitrogens with one attached hydrogen (secondary N) is 1. The minimum Gasteiger partial charge on any atom is -0.454 e. The average Bonchev–Trinajstić information content (AvgIpc) is 3.37. The summed E-state index contributed by atoms with van der Waals surface area (Å²) in [6, 6.07) is 14.5. The zero-order valence-electron chi connectivity index (χ0n) is 15.6. The third-order valence-electron chi connectivity index (χ3n) is 4.38. The predicted octanol–water partition coefficient (Wildman–Crippen LogP) is 2.85. The Morgan fingerprint density at radius 1 is 1.10 bits per heavy atom. The van der Waals surface area contributed by atoms with Gasteiger partial charge >= 0.3 is 5.97 Å². The molecule has 29 heavy (non-hydrogen) atoms. The number of aryl methyl sites for hydroxylation is 1. The van der Waals surface area contributed by atoms with E-state index in [4.69, 9.17) is 18.7 Å². The predicted molar refractivity (Wildman–Crippen MR) is 101 cm³/mol. The van der Waals surface area contributed by atoms with Crippen LogP contribution in [-0.4, -0.2) is 30.4 Å². The maximum Gasteiger partial charge on any atom is 0.344 e. The van der Waals surface area contributed by atoms with Crippen LogP contribution in [0.5, 0.6) is 11.5 Å². The minimum absolute atomic E-state index is 0.189. The molecular weight excluding hydrogens is 376 g/mol. The number of ether oxygens (including phenoxy) is 3. The van der Waals surface area contributed by atoms with E-state index in [1.807, 2.05) is 36.4 Å². The summed E-state index contributed by atoms with van der Waals surface area (Å²) >= 11 is 0. The number of esters is 1. The van der Waals surface area contributed by atoms with Crippen molar-refractivity contribution >= 4 is 11.9 Å². The second-order valence-electron chi connectivity index (χ2n) is 6.37. The van der Waals surface area contributed by atoms with E-state index in [0.29, 0.717) is 23.0 Å². The second-order valence-corrected chi connectivity index (χ2v) is 6.37. The van der Waals surface area contributed by atoms with Gasteiger partial charge in [-0.3, -0.25) is 4.79 Å². The van der Waals surface area contributed by atoms with Gasteiger partial charge < -0.3 is 24.1 Å². The highest BCUT2D eigenvalue weighted by molar-refractivity contribution is 5.98. The summed E-state index contributed by atoms with van der Waals surface area (Å²) in [5.74, 6) is 0.550. The number of hydrogen-bond acceptors (Lipinski definition) is 7. The normalized spacial score (nSPS) is 11.9. The van der Waals surface area contributed by atoms with Gasteiger partial charge in [-0.05, 0) is 24.6 Å². The summed E-state index contributed by atoms with van der Waals surface area (Å²) in [5, 5.41) is 6.64. The first kappa shape index (κ1) is 18.5. The van der Waals surface area contributed by atoms with E-state index in [0.717, 1.165) is 11.1 Å². The monoisotopic (exact) mass is 394 g/mol. The lowest BCUT2D eigenvalue weighted by Gasteiger charge is -2.08. The molecule has 1 aliphatic rings. The number of nitrogens with zero attached hydrogens (tertiary/aromatic N) is 1. The van der Waals surface area contributed by atoms with Gasteiger partial charge in [-0.2, -0.15) is 0 Å². The lowest BCUT2D eigenvalue weighted by atomic mass is 10.1. The number of amides is 1. The fourth-order valence-corrected chi connectivity index (χ4v) is 2.91. The van der Waals surface area contributed by atoms with Gasteiger partial charge in [0, 0.05) is 12.1 Å². The van der Waals surface area contributed by atoms with Crippen molar-refractivity contribution in [1.82, 2.24) is 10.5 Å². The zero-order chi connectivity index (χ0) is 20.2. The highest BCUT2D eigenvalue weighted by Crippen LogP contribution is 2.32. The molecule has 8 nitrogen and oxygen atoms in total. The van der Waals surface area contributed by atoms with E-state index >= 15 is 0 Å². The Balaban J connectivity index is 1.34. The number of carbonyl (C=O) groups is 2. The molecule has 0 radical (unpaired) electrons. The van der Waals surface area contributed by atoms with Crippen LogP contribution in [-0.2, 0) is 16.1 Å². The van der Waals surface area contributed by atoms with Crippen molar-refractivity contribution in [2.75, 3.05) is 13.4 Å². The highest BCUT2D eigenvalue weighted by atomic mass is 16.7. The summed E-state index contributed by atoms with van der Waals surface area (Å²) < 4.78 is 20.9. The van der Waals surface area contributed by atoms with Crippen LogP contribution >= 0.6 is 0 Å². The molecule has 1 N–H and O–H groups in total. The number of carbonyl (C=O) groups excluding carboxylic acids is 2. The Morgan fingerprint density at radius 2 is 1.90 bits per heavy atom. The van der Waals surface area contributed by atoms with Crippen LogP contribution in [0.15, 0.2) is 53.1 Å². The molecule has 8 heteroatoms. The van der Waals surface area contributed by atoms with E-state index in [1.54, 1.807) is 19.1 Å². The molecular formula is C21H18N2O6. The number of hydrogen-bond donors (Lipinski definition) is 1. The molecule has 0 saturated carbocycles. The first-order chi connectivity index (χ1) is 14.1. The Hall–Kier alpha value is -3.81. The van der Waals surface area contributed by atoms with Gasteiger partial charge in [0.2, 0.25) is 6.79 Å². The quantitative estimate of drug-likeness (QED) is 0.642. The van der Waals surface area contributed by atoms with Crippen LogP contribution in [0.3, 0.4) is 0 Å². The number of fused-ring (bicyclic) bond motifs is 1. The van der Waals surface area contributed by atoms with Crippen molar-refractivity contribution in [2.24, 2.45) is 0 Å². The highest BCUT2D eigenvalue weighted by Gasteiger charge is 2.23. The molecule has 0 unspecified atom stereocenters. The van der Waals surface area contributed by atoms with Crippen molar-refractivity contribution < 1.29 is 28.3 Å². The van der Waals surface area contributed by atoms with E-state index < -0.39 is 18.5 Å². The number of rotatable bonds is 6. The van der Waals surface area contributed by atoms with Gasteiger partial charge in [-0.25, -0.2) is 4.79 Å². The third-order valence-corrected chi connectivity index (χ3v) is 4.38. The molecule has 148 valence electrons. The fourth-order valence-electron chi connectivity index (χ4n) is 2.91. The fraction of sp³-hybridized carbons (Fsp3) is 0.190. The van der Waals surface area contributed by atoms with Crippen molar-refractivity contribution in [1.29, 1.82) is 0 Å². The van der Waals surface area contributed by atoms with Gasteiger partial charge in [-0.15, -0.1) is 0 Å². The van der Waals surface area contributed by atoms with E-state index in [1.165, 1.54) is 0 Å². The van der Waals surface area contributed by atoms with E-state index in [-0.39, 0.29) is 18.9 Å². The van der Waals surface area contributed by atoms with Gasteiger partial charge in [0.15, 0.2) is 18.1 Å². The van der Waals surface area contributed by atoms with Gasteiger partial charge in [0.1, 0.15) is 17.0 Å². The Kier molecular flexibility index (Phi) is 5.15. The third kappa shape index (κ3) is 4.06. The van der Waals surface area contributed by atoms with Crippen LogP contribution in [0, 0.1) is 6.92 Å². The Bertz CT molecular complexity index is 1040. The maximum atomic E-state index is 12.5. The molecule has 0 atom stereocenters. The van der Waals surface area contributed by atoms with E-state index in [9.17, 15) is 9.59 Å². The Morgan fingerprint density at radius 3 is 2.72 bits per heavy atom. The van der Waals surface area contributed by atoms with E-state index in [2.05, 4.69) is 10.5 Å². The van der Waals surface area contributed by atoms with Crippen molar-refractivity contribution in [3.05, 3.63) is 65.4 Å². The number of aromatic nitrogens is 1. The van der Waals surface area contributed by atoms with Crippen molar-refractivity contribution in [3.63, 3.8) is 0 Å². The molecule has 4 rings (SSSR count). The zero-order valence-corrected chi connectivity index (χ0v) is 15.6. The van der Waals surface area contributed by atoms with Gasteiger partial charge in [0.05, 0.1) is 0 Å². The van der Waals surface area contributed by atoms with Gasteiger partial charge in [0.25, 0.3) is 5.91 Å². The molecule has 2 heterocycles. The molecule has 3 aromatic rings. The number of benzene rings is 2. The molecule has 0 saturated heterocycles. The molecule has 0 fully saturated rings. The Labute approximate surface area is 166 Å². The standard InChI is InChI=1S/C21H18N2O6/c1-13-19(20(23-29-13)15-5-3-2-4-6-15)21(25)26-11-18(24)22-10-14-7-8-16-17(9-14)28-12-27-16/h2-9H,10-12H2,1H3,(H,22,24). The first-order valence-electron chi connectivity index (χ1n) is 8.96. The van der Waals surface area contributed by atoms with Crippen LogP contribution in [0.25, 0.3) is 11.3 Å². The lowest BCUT2D eigenvalue weighted by Crippen LogP contribution is -2.28. The van der Waals surface area contributed by atoms with Gasteiger partial charge in [-0.1, -0.05) is 41.6 Å². The summed E-state index contributed by atoms with van der Waals surface area (Å²) in [7, 11) is 0. The SMILES string of the molecule is Cc1onc(-c2ccccc2)c1C(=O)OCC(=O)NCc1ccc2c(c1)OCO2. The summed E-state index contributed by atoms with van der Waals surface area (Å²) in [6.07, 6.45) is 0. The molecule has 1 aromatic heterocycles. The van der Waals surface area contributed by atoms with Crippen LogP contribution in [0.2, 0.25) is 0 Å². The molecule has 1 amide bonds. The summed E-state index contributed by atoms with van der Waals surface area (Å²) in [5.41, 5.74) is 2.16. The molecule has 1 aliphatic heterocycles. The van der Waals surface area contributed by atoms with Crippen molar-refractivity contribution in [3.8, 4) is 22.8 Å². The molecule has 0 spiro atoms. The summed E-state index contributed by atoms with van der Waals surface area (Å²) in [4.78, 5) is 24.6. The van der Waals surface area contributed by atoms with Crippen molar-refractivity contribution in [2.45, 2.75) is 13.5 Å². The van der Waals surface area contributed by atoms with Crippen LogP contribution < -0.4 is 14.8 Å². The maximum absolute atomic E-state index is 12.5. The minimum atomic E-state index is -0.666. The second kappa shape index (κ2) is 8.05. The smallest absolute Gasteiger partial charge is 0.344 e. The first-order valence-corrected chi connectivity index (χ1v) is 8.96. The lowest BCUT2D eigenvalue weighted by molar-refractivity contribution is -0.124. The largest absolute Gasteiger partial charge is 0.454 e. The topological polar surface area (TPSA) is 99.9 Å². The molecule has 2 aromatic carbocycles. The molecule has 0 aliphatic carbocycles. The summed E-state index contributed by atoms with van der Waals surface area (Å²) in [6.45, 7) is 1.67. The van der Waals surface area contributed by atoms with Crippen LogP contribution in [0.4, 0.5) is 0 Å². The molecule has 0 bridgehead atoms.